The van der Waals surface area contributed by atoms with Crippen LogP contribution in [0.3, 0.4) is 0 Å². The molecule has 0 saturated carbocycles. The highest BCUT2D eigenvalue weighted by molar-refractivity contribution is 5.98. The van der Waals surface area contributed by atoms with Crippen LogP contribution in [0.5, 0.6) is 17.2 Å². The zero-order valence-corrected chi connectivity index (χ0v) is 12.1. The second kappa shape index (κ2) is 6.12. The molecule has 120 valence electrons. The molecule has 1 N–H and O–H groups in total. The average molecular weight is 321 g/mol. The van der Waals surface area contributed by atoms with Crippen LogP contribution in [-0.2, 0) is 0 Å². The Labute approximate surface area is 130 Å². The zero-order chi connectivity index (χ0) is 16.4. The molecule has 23 heavy (non-hydrogen) atoms. The lowest BCUT2D eigenvalue weighted by molar-refractivity contribution is -0.0512. The smallest absolute Gasteiger partial charge is 0.387 e. The van der Waals surface area contributed by atoms with Gasteiger partial charge in [-0.25, -0.2) is 0 Å². The molecule has 0 unspecified atom stereocenters. The molecule has 0 aromatic heterocycles. The van der Waals surface area contributed by atoms with Crippen LogP contribution in [-0.4, -0.2) is 19.6 Å². The maximum absolute atomic E-state index is 12.3. The third-order valence-electron chi connectivity index (χ3n) is 3.35. The van der Waals surface area contributed by atoms with Gasteiger partial charge in [0.15, 0.2) is 17.7 Å². The number of carbonyl (C=O) groups excluding carboxylic acids is 1. The molecule has 1 atom stereocenters. The van der Waals surface area contributed by atoms with Crippen molar-refractivity contribution in [1.82, 2.24) is 5.32 Å². The highest BCUT2D eigenvalue weighted by Gasteiger charge is 2.27. The van der Waals surface area contributed by atoms with Gasteiger partial charge in [0.25, 0.3) is 5.91 Å². The number of amides is 1. The van der Waals surface area contributed by atoms with Crippen LogP contribution < -0.4 is 19.5 Å². The van der Waals surface area contributed by atoms with Gasteiger partial charge in [-0.2, -0.15) is 8.78 Å². The van der Waals surface area contributed by atoms with E-state index in [-0.39, 0.29) is 17.4 Å². The minimum Gasteiger partial charge on any atom is -0.493 e. The van der Waals surface area contributed by atoms with Crippen molar-refractivity contribution in [1.29, 1.82) is 0 Å². The van der Waals surface area contributed by atoms with Crippen LogP contribution in [0.1, 0.15) is 22.1 Å². The highest BCUT2D eigenvalue weighted by Crippen LogP contribution is 2.34. The average Bonchev–Trinajstić information content (AvgIpc) is 2.54. The molecule has 0 radical (unpaired) electrons. The number of carbonyl (C=O) groups is 1. The number of benzene rings is 2. The Morgan fingerprint density at radius 1 is 1.17 bits per heavy atom. The Morgan fingerprint density at radius 3 is 2.70 bits per heavy atom. The Bertz CT molecular complexity index is 736. The second-order valence-electron chi connectivity index (χ2n) is 4.76. The lowest BCUT2D eigenvalue weighted by atomic mass is 10.1. The Morgan fingerprint density at radius 2 is 1.96 bits per heavy atom. The van der Waals surface area contributed by atoms with Gasteiger partial charge in [-0.1, -0.05) is 12.1 Å². The molecule has 0 fully saturated rings. The van der Waals surface area contributed by atoms with Crippen LogP contribution in [0.2, 0.25) is 0 Å². The van der Waals surface area contributed by atoms with Crippen molar-refractivity contribution in [3.63, 3.8) is 0 Å². The first kappa shape index (κ1) is 15.1. The minimum atomic E-state index is -2.95. The summed E-state index contributed by atoms with van der Waals surface area (Å²) >= 11 is 0. The molecule has 5 nitrogen and oxygen atoms in total. The number of hydrogen-bond acceptors (Lipinski definition) is 4. The van der Waals surface area contributed by atoms with Crippen molar-refractivity contribution >= 4 is 5.91 Å². The molecular weight excluding hydrogens is 308 g/mol. The summed E-state index contributed by atoms with van der Waals surface area (Å²) in [6.07, 6.45) is -0.744. The highest BCUT2D eigenvalue weighted by atomic mass is 19.3. The van der Waals surface area contributed by atoms with Crippen LogP contribution in [0.4, 0.5) is 8.78 Å². The van der Waals surface area contributed by atoms with E-state index in [2.05, 4.69) is 10.1 Å². The Balaban J connectivity index is 1.89. The molecule has 7 heteroatoms. The van der Waals surface area contributed by atoms with Gasteiger partial charge >= 0.3 is 6.61 Å². The number of ether oxygens (including phenoxy) is 3. The normalized spacial score (nSPS) is 16.3. The number of rotatable bonds is 4. The molecule has 0 aliphatic carbocycles. The van der Waals surface area contributed by atoms with E-state index < -0.39 is 12.8 Å². The first-order valence-corrected chi connectivity index (χ1v) is 6.78. The van der Waals surface area contributed by atoms with Gasteiger partial charge in [-0.15, -0.1) is 0 Å². The van der Waals surface area contributed by atoms with Gasteiger partial charge in [0.05, 0.1) is 12.7 Å². The van der Waals surface area contributed by atoms with Gasteiger partial charge in [-0.05, 0) is 30.3 Å². The monoisotopic (exact) mass is 321 g/mol. The summed E-state index contributed by atoms with van der Waals surface area (Å²) in [4.78, 5) is 12.1. The SMILES string of the molecule is COc1cc([C@H]2NC(=O)c3ccccc3O2)ccc1OC(F)F. The zero-order valence-electron chi connectivity index (χ0n) is 12.1. The van der Waals surface area contributed by atoms with E-state index >= 15 is 0 Å². The molecule has 0 bridgehead atoms. The third-order valence-corrected chi connectivity index (χ3v) is 3.35. The largest absolute Gasteiger partial charge is 0.493 e. The van der Waals surface area contributed by atoms with Crippen molar-refractivity contribution in [3.8, 4) is 17.2 Å². The summed E-state index contributed by atoms with van der Waals surface area (Å²) in [6, 6.07) is 11.2. The maximum Gasteiger partial charge on any atom is 0.387 e. The Kier molecular flexibility index (Phi) is 4.01. The molecule has 1 amide bonds. The number of nitrogens with one attached hydrogen (secondary N) is 1. The van der Waals surface area contributed by atoms with E-state index in [4.69, 9.17) is 9.47 Å². The van der Waals surface area contributed by atoms with Crippen molar-refractivity contribution < 1.29 is 27.8 Å². The van der Waals surface area contributed by atoms with Gasteiger partial charge < -0.3 is 19.5 Å². The number of fused-ring (bicyclic) bond motifs is 1. The Hall–Kier alpha value is -2.83. The van der Waals surface area contributed by atoms with Crippen molar-refractivity contribution in [3.05, 3.63) is 53.6 Å². The molecule has 1 heterocycles. The number of para-hydroxylation sites is 1. The minimum absolute atomic E-state index is 0.0891. The van der Waals surface area contributed by atoms with Crippen LogP contribution in [0.15, 0.2) is 42.5 Å². The molecule has 3 rings (SSSR count). The summed E-state index contributed by atoms with van der Waals surface area (Å²) in [5, 5.41) is 2.69. The summed E-state index contributed by atoms with van der Waals surface area (Å²) in [5.74, 6) is 0.213. The fourth-order valence-corrected chi connectivity index (χ4v) is 2.30. The van der Waals surface area contributed by atoms with E-state index in [1.807, 2.05) is 0 Å². The van der Waals surface area contributed by atoms with E-state index in [1.165, 1.54) is 25.3 Å². The topological polar surface area (TPSA) is 56.8 Å². The predicted octanol–water partition coefficient (Wildman–Crippen LogP) is 3.12. The lowest BCUT2D eigenvalue weighted by Crippen LogP contribution is -2.36. The first-order valence-electron chi connectivity index (χ1n) is 6.78. The molecule has 0 saturated heterocycles. The summed E-state index contributed by atoms with van der Waals surface area (Å²) in [6.45, 7) is -2.95. The molecule has 1 aliphatic heterocycles. The van der Waals surface area contributed by atoms with Crippen molar-refractivity contribution in [2.24, 2.45) is 0 Å². The van der Waals surface area contributed by atoms with E-state index in [0.717, 1.165) is 0 Å². The molecule has 1 aliphatic rings. The number of methoxy groups -OCH3 is 1. The van der Waals surface area contributed by atoms with Crippen molar-refractivity contribution in [2.45, 2.75) is 12.8 Å². The van der Waals surface area contributed by atoms with Gasteiger partial charge in [0.1, 0.15) is 5.75 Å². The van der Waals surface area contributed by atoms with Gasteiger partial charge in [0.2, 0.25) is 0 Å². The molecule has 2 aromatic rings. The summed E-state index contributed by atoms with van der Waals surface area (Å²) in [7, 11) is 1.34. The van der Waals surface area contributed by atoms with Crippen molar-refractivity contribution in [2.75, 3.05) is 7.11 Å². The fraction of sp³-hybridized carbons (Fsp3) is 0.188. The molecule has 2 aromatic carbocycles. The van der Waals surface area contributed by atoms with Crippen LogP contribution >= 0.6 is 0 Å². The number of hydrogen-bond donors (Lipinski definition) is 1. The summed E-state index contributed by atoms with van der Waals surface area (Å²) in [5.41, 5.74) is 0.986. The fourth-order valence-electron chi connectivity index (χ4n) is 2.30. The second-order valence-corrected chi connectivity index (χ2v) is 4.76. The van der Waals surface area contributed by atoms with E-state index in [0.29, 0.717) is 16.9 Å². The molecule has 0 spiro atoms. The van der Waals surface area contributed by atoms with E-state index in [9.17, 15) is 13.6 Å². The number of halogens is 2. The molecular formula is C16H13F2NO4. The third kappa shape index (κ3) is 3.03. The predicted molar refractivity (Wildman–Crippen MR) is 76.9 cm³/mol. The van der Waals surface area contributed by atoms with Crippen LogP contribution in [0, 0.1) is 0 Å². The van der Waals surface area contributed by atoms with Crippen LogP contribution in [0.25, 0.3) is 0 Å². The summed E-state index contributed by atoms with van der Waals surface area (Å²) < 4.78 is 39.8. The number of alkyl halides is 2. The van der Waals surface area contributed by atoms with Gasteiger partial charge in [-0.3, -0.25) is 4.79 Å². The van der Waals surface area contributed by atoms with Gasteiger partial charge in [0, 0.05) is 5.56 Å². The maximum atomic E-state index is 12.3. The van der Waals surface area contributed by atoms with E-state index in [1.54, 1.807) is 24.3 Å². The lowest BCUT2D eigenvalue weighted by Gasteiger charge is -2.27. The standard InChI is InChI=1S/C16H13F2NO4/c1-21-13-8-9(6-7-12(13)23-16(17)18)15-19-14(20)10-4-2-3-5-11(10)22-15/h2-8,15-16H,1H3,(H,19,20)/t15-/m0/s1. The quantitative estimate of drug-likeness (QED) is 0.940. The first-order chi connectivity index (χ1) is 11.1.